The van der Waals surface area contributed by atoms with Gasteiger partial charge in [-0.3, -0.25) is 0 Å². The number of thiophene rings is 1. The zero-order valence-electron chi connectivity index (χ0n) is 13.2. The van der Waals surface area contributed by atoms with Crippen LogP contribution in [-0.2, 0) is 10.8 Å². The van der Waals surface area contributed by atoms with Gasteiger partial charge in [-0.15, -0.1) is 11.3 Å². The molecule has 2 rings (SSSR count). The SMILES string of the molecule is CC(C)(C)c1sc(-c2ccccc2)c(C(C)(C)C)c1O. The van der Waals surface area contributed by atoms with Crippen molar-refractivity contribution < 1.29 is 5.11 Å². The van der Waals surface area contributed by atoms with Crippen molar-refractivity contribution >= 4 is 11.3 Å². The standard InChI is InChI=1S/C18H24OS/c1-17(2,3)13-14(19)16(18(4,5)6)20-15(13)12-10-8-7-9-11-12/h7-11,19H,1-6H3. The van der Waals surface area contributed by atoms with E-state index < -0.39 is 0 Å². The predicted octanol–water partition coefficient (Wildman–Crippen LogP) is 5.72. The van der Waals surface area contributed by atoms with Crippen molar-refractivity contribution in [2.45, 2.75) is 52.4 Å². The van der Waals surface area contributed by atoms with E-state index in [1.54, 1.807) is 11.3 Å². The summed E-state index contributed by atoms with van der Waals surface area (Å²) in [6, 6.07) is 10.4. The summed E-state index contributed by atoms with van der Waals surface area (Å²) in [4.78, 5) is 2.27. The van der Waals surface area contributed by atoms with Crippen molar-refractivity contribution in [3.63, 3.8) is 0 Å². The average Bonchev–Trinajstić information content (AvgIpc) is 2.67. The Bertz CT molecular complexity index is 595. The third-order valence-electron chi connectivity index (χ3n) is 3.35. The van der Waals surface area contributed by atoms with Crippen LogP contribution in [-0.4, -0.2) is 5.11 Å². The van der Waals surface area contributed by atoms with E-state index in [4.69, 9.17) is 0 Å². The molecular weight excluding hydrogens is 264 g/mol. The molecule has 1 nitrogen and oxygen atoms in total. The Kier molecular flexibility index (Phi) is 3.72. The summed E-state index contributed by atoms with van der Waals surface area (Å²) >= 11 is 1.72. The normalized spacial score (nSPS) is 12.7. The Hall–Kier alpha value is -1.28. The van der Waals surface area contributed by atoms with Crippen LogP contribution in [0.4, 0.5) is 0 Å². The van der Waals surface area contributed by atoms with Crippen molar-refractivity contribution in [1.82, 2.24) is 0 Å². The molecule has 0 bridgehead atoms. The average molecular weight is 288 g/mol. The van der Waals surface area contributed by atoms with Gasteiger partial charge in [-0.2, -0.15) is 0 Å². The molecule has 0 fully saturated rings. The molecule has 1 aromatic carbocycles. The Morgan fingerprint density at radius 2 is 1.40 bits per heavy atom. The molecular formula is C18H24OS. The fourth-order valence-electron chi connectivity index (χ4n) is 2.42. The third kappa shape index (κ3) is 2.76. The van der Waals surface area contributed by atoms with E-state index in [-0.39, 0.29) is 10.8 Å². The van der Waals surface area contributed by atoms with Crippen molar-refractivity contribution in [2.24, 2.45) is 0 Å². The van der Waals surface area contributed by atoms with Gasteiger partial charge in [-0.25, -0.2) is 0 Å². The molecule has 20 heavy (non-hydrogen) atoms. The topological polar surface area (TPSA) is 20.2 Å². The Labute approximate surface area is 126 Å². The molecule has 0 saturated heterocycles. The number of hydrogen-bond donors (Lipinski definition) is 1. The van der Waals surface area contributed by atoms with E-state index >= 15 is 0 Å². The maximum Gasteiger partial charge on any atom is 0.134 e. The van der Waals surface area contributed by atoms with Crippen LogP contribution in [0.1, 0.15) is 52.0 Å². The highest BCUT2D eigenvalue weighted by molar-refractivity contribution is 7.16. The van der Waals surface area contributed by atoms with Crippen molar-refractivity contribution in [3.8, 4) is 16.2 Å². The summed E-state index contributed by atoms with van der Waals surface area (Å²) in [6.45, 7) is 12.9. The van der Waals surface area contributed by atoms with Crippen molar-refractivity contribution in [3.05, 3.63) is 40.8 Å². The lowest BCUT2D eigenvalue weighted by Gasteiger charge is -2.21. The first-order chi connectivity index (χ1) is 9.12. The van der Waals surface area contributed by atoms with Gasteiger partial charge in [-0.1, -0.05) is 71.9 Å². The van der Waals surface area contributed by atoms with E-state index in [0.717, 1.165) is 10.4 Å². The summed E-state index contributed by atoms with van der Waals surface area (Å²) < 4.78 is 0. The first-order valence-electron chi connectivity index (χ1n) is 7.04. The van der Waals surface area contributed by atoms with E-state index in [9.17, 15) is 5.11 Å². The summed E-state index contributed by atoms with van der Waals surface area (Å²) in [5.41, 5.74) is 2.14. The van der Waals surface area contributed by atoms with Gasteiger partial charge in [0.25, 0.3) is 0 Å². The molecule has 2 heteroatoms. The van der Waals surface area contributed by atoms with E-state index in [1.165, 1.54) is 10.4 Å². The molecule has 1 N–H and O–H groups in total. The minimum absolute atomic E-state index is 0.0399. The van der Waals surface area contributed by atoms with Crippen LogP contribution < -0.4 is 0 Å². The monoisotopic (exact) mass is 288 g/mol. The molecule has 108 valence electrons. The second-order valence-electron chi connectivity index (χ2n) is 7.35. The molecule has 0 aliphatic carbocycles. The minimum atomic E-state index is -0.0741. The fourth-order valence-corrected chi connectivity index (χ4v) is 3.89. The molecule has 0 amide bonds. The Balaban J connectivity index is 2.75. The third-order valence-corrected chi connectivity index (χ3v) is 5.00. The highest BCUT2D eigenvalue weighted by Gasteiger charge is 2.32. The zero-order valence-corrected chi connectivity index (χ0v) is 14.1. The van der Waals surface area contributed by atoms with Crippen LogP contribution in [0, 0.1) is 0 Å². The summed E-state index contributed by atoms with van der Waals surface area (Å²) in [6.07, 6.45) is 0. The van der Waals surface area contributed by atoms with Crippen LogP contribution in [0.15, 0.2) is 30.3 Å². The fraction of sp³-hybridized carbons (Fsp3) is 0.444. The maximum absolute atomic E-state index is 10.8. The molecule has 0 atom stereocenters. The molecule has 0 aliphatic heterocycles. The molecule has 0 aliphatic rings. The van der Waals surface area contributed by atoms with E-state index in [0.29, 0.717) is 5.75 Å². The lowest BCUT2D eigenvalue weighted by atomic mass is 9.83. The van der Waals surface area contributed by atoms with Gasteiger partial charge in [0.2, 0.25) is 0 Å². The van der Waals surface area contributed by atoms with Crippen molar-refractivity contribution in [1.29, 1.82) is 0 Å². The Morgan fingerprint density at radius 3 is 1.85 bits per heavy atom. The highest BCUT2D eigenvalue weighted by Crippen LogP contribution is 2.50. The number of hydrogen-bond acceptors (Lipinski definition) is 2. The van der Waals surface area contributed by atoms with Gasteiger partial charge in [0.15, 0.2) is 0 Å². The van der Waals surface area contributed by atoms with Crippen LogP contribution in [0.2, 0.25) is 0 Å². The summed E-state index contributed by atoms with van der Waals surface area (Å²) in [5, 5.41) is 10.8. The lowest BCUT2D eigenvalue weighted by Crippen LogP contribution is -2.13. The molecule has 0 radical (unpaired) electrons. The van der Waals surface area contributed by atoms with Crippen LogP contribution in [0.25, 0.3) is 10.4 Å². The highest BCUT2D eigenvalue weighted by atomic mass is 32.1. The molecule has 1 heterocycles. The second kappa shape index (κ2) is 4.92. The first-order valence-corrected chi connectivity index (χ1v) is 7.86. The quantitative estimate of drug-likeness (QED) is 0.712. The van der Waals surface area contributed by atoms with E-state index in [2.05, 4.69) is 65.8 Å². The van der Waals surface area contributed by atoms with E-state index in [1.807, 2.05) is 6.07 Å². The van der Waals surface area contributed by atoms with Crippen LogP contribution in [0.3, 0.4) is 0 Å². The van der Waals surface area contributed by atoms with Crippen molar-refractivity contribution in [2.75, 3.05) is 0 Å². The Morgan fingerprint density at radius 1 is 0.850 bits per heavy atom. The lowest BCUT2D eigenvalue weighted by molar-refractivity contribution is 0.431. The molecule has 0 spiro atoms. The smallest absolute Gasteiger partial charge is 0.134 e. The first kappa shape index (κ1) is 15.1. The van der Waals surface area contributed by atoms with Gasteiger partial charge in [0, 0.05) is 10.4 Å². The molecule has 0 saturated carbocycles. The number of benzene rings is 1. The van der Waals surface area contributed by atoms with Gasteiger partial charge in [0.1, 0.15) is 5.75 Å². The maximum atomic E-state index is 10.8. The molecule has 0 unspecified atom stereocenters. The predicted molar refractivity (Wildman–Crippen MR) is 88.8 cm³/mol. The minimum Gasteiger partial charge on any atom is -0.506 e. The van der Waals surface area contributed by atoms with Gasteiger partial charge < -0.3 is 5.11 Å². The largest absolute Gasteiger partial charge is 0.506 e. The number of rotatable bonds is 1. The molecule has 2 aromatic rings. The summed E-state index contributed by atoms with van der Waals surface area (Å²) in [5.74, 6) is 0.480. The molecule has 1 aromatic heterocycles. The van der Waals surface area contributed by atoms with Crippen LogP contribution in [0.5, 0.6) is 5.75 Å². The van der Waals surface area contributed by atoms with Crippen LogP contribution >= 0.6 is 11.3 Å². The summed E-state index contributed by atoms with van der Waals surface area (Å²) in [7, 11) is 0. The zero-order chi connectivity index (χ0) is 15.1. The second-order valence-corrected chi connectivity index (χ2v) is 8.37. The van der Waals surface area contributed by atoms with Gasteiger partial charge in [-0.05, 0) is 16.4 Å². The van der Waals surface area contributed by atoms with Gasteiger partial charge in [0.05, 0.1) is 4.88 Å². The van der Waals surface area contributed by atoms with Gasteiger partial charge >= 0.3 is 0 Å². The number of aromatic hydroxyl groups is 1.